The van der Waals surface area contributed by atoms with E-state index in [4.69, 9.17) is 5.11 Å². The van der Waals surface area contributed by atoms with Gasteiger partial charge in [-0.3, -0.25) is 9.59 Å². The highest BCUT2D eigenvalue weighted by Gasteiger charge is 2.17. The first-order valence-electron chi connectivity index (χ1n) is 3.95. The Morgan fingerprint density at radius 1 is 1.54 bits per heavy atom. The van der Waals surface area contributed by atoms with Gasteiger partial charge in [-0.2, -0.15) is 0 Å². The molecule has 0 spiro atoms. The number of nitrogens with zero attached hydrogens (tertiary/aromatic N) is 1. The van der Waals surface area contributed by atoms with E-state index in [2.05, 4.69) is 4.74 Å². The van der Waals surface area contributed by atoms with Gasteiger partial charge in [0.2, 0.25) is 5.91 Å². The Morgan fingerprint density at radius 3 is 2.46 bits per heavy atom. The molecule has 0 fully saturated rings. The van der Waals surface area contributed by atoms with Crippen LogP contribution in [0.25, 0.3) is 0 Å². The summed E-state index contributed by atoms with van der Waals surface area (Å²) in [6.45, 7) is 1.67. The number of carboxylic acid groups (broad SMARTS) is 1. The molecule has 1 atom stereocenters. The van der Waals surface area contributed by atoms with Gasteiger partial charge in [-0.1, -0.05) is 0 Å². The summed E-state index contributed by atoms with van der Waals surface area (Å²) in [4.78, 5) is 22.9. The maximum atomic E-state index is 11.2. The molecule has 0 heterocycles. The Labute approximate surface area is 77.3 Å². The Morgan fingerprint density at radius 2 is 2.08 bits per heavy atom. The van der Waals surface area contributed by atoms with E-state index in [1.54, 1.807) is 14.0 Å². The van der Waals surface area contributed by atoms with Crippen LogP contribution >= 0.6 is 0 Å². The van der Waals surface area contributed by atoms with E-state index in [-0.39, 0.29) is 25.0 Å². The smallest absolute Gasteiger partial charge is 0.305 e. The van der Waals surface area contributed by atoms with Crippen molar-refractivity contribution in [3.63, 3.8) is 0 Å². The van der Waals surface area contributed by atoms with Crippen molar-refractivity contribution in [2.45, 2.75) is 19.4 Å². The van der Waals surface area contributed by atoms with E-state index < -0.39 is 5.97 Å². The van der Waals surface area contributed by atoms with Crippen molar-refractivity contribution < 1.29 is 19.4 Å². The highest BCUT2D eigenvalue weighted by molar-refractivity contribution is 5.78. The largest absolute Gasteiger partial charge is 0.481 e. The second-order valence-electron chi connectivity index (χ2n) is 2.88. The van der Waals surface area contributed by atoms with E-state index in [0.717, 1.165) is 0 Å². The lowest BCUT2D eigenvalue weighted by molar-refractivity contribution is -0.141. The predicted molar refractivity (Wildman–Crippen MR) is 46.4 cm³/mol. The van der Waals surface area contributed by atoms with E-state index in [1.165, 1.54) is 12.0 Å². The fourth-order valence-corrected chi connectivity index (χ4v) is 0.861. The first-order chi connectivity index (χ1) is 5.99. The molecule has 0 aliphatic carbocycles. The lowest BCUT2D eigenvalue weighted by Crippen LogP contribution is -2.38. The number of hydrogen-bond donors (Lipinski definition) is 1. The van der Waals surface area contributed by atoms with Gasteiger partial charge < -0.3 is 14.7 Å². The molecule has 0 aromatic heterocycles. The van der Waals surface area contributed by atoms with Crippen molar-refractivity contribution in [3.8, 4) is 0 Å². The number of carbonyl (C=O) groups is 2. The van der Waals surface area contributed by atoms with Crippen LogP contribution in [0.1, 0.15) is 13.3 Å². The second kappa shape index (κ2) is 5.53. The molecule has 0 saturated carbocycles. The SMILES string of the molecule is COCC(=O)N(C)C(C)CC(=O)O. The number of carbonyl (C=O) groups excluding carboxylic acids is 1. The van der Waals surface area contributed by atoms with Crippen LogP contribution in [0.2, 0.25) is 0 Å². The number of likely N-dealkylation sites (N-methyl/N-ethyl adjacent to an activating group) is 1. The number of hydrogen-bond acceptors (Lipinski definition) is 3. The van der Waals surface area contributed by atoms with Crippen molar-refractivity contribution >= 4 is 11.9 Å². The molecule has 0 aliphatic rings. The summed E-state index contributed by atoms with van der Waals surface area (Å²) in [6, 6.07) is -0.305. The number of aliphatic carboxylic acids is 1. The molecule has 0 rings (SSSR count). The lowest BCUT2D eigenvalue weighted by Gasteiger charge is -2.23. The average molecular weight is 189 g/mol. The summed E-state index contributed by atoms with van der Waals surface area (Å²) in [7, 11) is 2.99. The topological polar surface area (TPSA) is 66.8 Å². The zero-order chi connectivity index (χ0) is 10.4. The third kappa shape index (κ3) is 4.47. The van der Waals surface area contributed by atoms with Gasteiger partial charge in [-0.05, 0) is 6.92 Å². The number of amides is 1. The van der Waals surface area contributed by atoms with E-state index in [1.807, 2.05) is 0 Å². The number of carboxylic acids is 1. The monoisotopic (exact) mass is 189 g/mol. The highest BCUT2D eigenvalue weighted by Crippen LogP contribution is 2.01. The summed E-state index contributed by atoms with van der Waals surface area (Å²) in [5.74, 6) is -1.12. The lowest BCUT2D eigenvalue weighted by atomic mass is 10.2. The summed E-state index contributed by atoms with van der Waals surface area (Å²) < 4.78 is 4.64. The third-order valence-corrected chi connectivity index (χ3v) is 1.79. The molecule has 0 radical (unpaired) electrons. The molecule has 0 aromatic carbocycles. The summed E-state index contributed by atoms with van der Waals surface area (Å²) in [5, 5.41) is 8.48. The normalized spacial score (nSPS) is 12.2. The maximum absolute atomic E-state index is 11.2. The van der Waals surface area contributed by atoms with Gasteiger partial charge in [0.05, 0.1) is 6.42 Å². The van der Waals surface area contributed by atoms with Crippen LogP contribution < -0.4 is 0 Å². The average Bonchev–Trinajstić information content (AvgIpc) is 2.02. The number of ether oxygens (including phenoxy) is 1. The molecule has 0 saturated heterocycles. The fraction of sp³-hybridized carbons (Fsp3) is 0.750. The van der Waals surface area contributed by atoms with Gasteiger partial charge in [-0.25, -0.2) is 0 Å². The van der Waals surface area contributed by atoms with Crippen molar-refractivity contribution in [2.24, 2.45) is 0 Å². The number of methoxy groups -OCH3 is 1. The van der Waals surface area contributed by atoms with Crippen LogP contribution in [0.5, 0.6) is 0 Å². The van der Waals surface area contributed by atoms with Gasteiger partial charge in [0.1, 0.15) is 6.61 Å². The molecular weight excluding hydrogens is 174 g/mol. The molecule has 0 aliphatic heterocycles. The Balaban J connectivity index is 4.00. The van der Waals surface area contributed by atoms with Crippen LogP contribution in [-0.2, 0) is 14.3 Å². The van der Waals surface area contributed by atoms with Gasteiger partial charge in [0, 0.05) is 20.2 Å². The van der Waals surface area contributed by atoms with E-state index in [9.17, 15) is 9.59 Å². The van der Waals surface area contributed by atoms with Crippen LogP contribution in [0.15, 0.2) is 0 Å². The van der Waals surface area contributed by atoms with Crippen molar-refractivity contribution in [1.82, 2.24) is 4.90 Å². The summed E-state index contributed by atoms with van der Waals surface area (Å²) >= 11 is 0. The van der Waals surface area contributed by atoms with E-state index in [0.29, 0.717) is 0 Å². The first-order valence-corrected chi connectivity index (χ1v) is 3.95. The minimum Gasteiger partial charge on any atom is -0.481 e. The quantitative estimate of drug-likeness (QED) is 0.658. The predicted octanol–water partition coefficient (Wildman–Crippen LogP) is -0.0456. The van der Waals surface area contributed by atoms with Gasteiger partial charge in [-0.15, -0.1) is 0 Å². The molecular formula is C8H15NO4. The molecule has 76 valence electrons. The molecule has 5 heteroatoms. The molecule has 0 aromatic rings. The fourth-order valence-electron chi connectivity index (χ4n) is 0.861. The minimum absolute atomic E-state index is 0.0134. The Kier molecular flexibility index (Phi) is 5.06. The number of rotatable bonds is 5. The third-order valence-electron chi connectivity index (χ3n) is 1.79. The molecule has 0 bridgehead atoms. The maximum Gasteiger partial charge on any atom is 0.305 e. The molecule has 1 unspecified atom stereocenters. The zero-order valence-corrected chi connectivity index (χ0v) is 8.11. The Bertz CT molecular complexity index is 193. The highest BCUT2D eigenvalue weighted by atomic mass is 16.5. The zero-order valence-electron chi connectivity index (χ0n) is 8.11. The van der Waals surface area contributed by atoms with Crippen molar-refractivity contribution in [2.75, 3.05) is 20.8 Å². The van der Waals surface area contributed by atoms with Gasteiger partial charge in [0.15, 0.2) is 0 Å². The molecule has 5 nitrogen and oxygen atoms in total. The molecule has 1 amide bonds. The van der Waals surface area contributed by atoms with Gasteiger partial charge in [0.25, 0.3) is 0 Å². The van der Waals surface area contributed by atoms with Crippen LogP contribution in [0, 0.1) is 0 Å². The summed E-state index contributed by atoms with van der Waals surface area (Å²) in [6.07, 6.45) is -0.0496. The Hall–Kier alpha value is -1.10. The van der Waals surface area contributed by atoms with Crippen LogP contribution in [-0.4, -0.2) is 48.7 Å². The van der Waals surface area contributed by atoms with Gasteiger partial charge >= 0.3 is 5.97 Å². The minimum atomic E-state index is -0.912. The van der Waals surface area contributed by atoms with Crippen LogP contribution in [0.4, 0.5) is 0 Å². The molecule has 13 heavy (non-hydrogen) atoms. The molecule has 1 N–H and O–H groups in total. The van der Waals surface area contributed by atoms with Crippen LogP contribution in [0.3, 0.4) is 0 Å². The summed E-state index contributed by atoms with van der Waals surface area (Å²) in [5.41, 5.74) is 0. The van der Waals surface area contributed by atoms with Crippen molar-refractivity contribution in [1.29, 1.82) is 0 Å². The second-order valence-corrected chi connectivity index (χ2v) is 2.88. The van der Waals surface area contributed by atoms with E-state index >= 15 is 0 Å². The van der Waals surface area contributed by atoms with Crippen molar-refractivity contribution in [3.05, 3.63) is 0 Å². The standard InChI is InChI=1S/C8H15NO4/c1-6(4-8(11)12)9(2)7(10)5-13-3/h6H,4-5H2,1-3H3,(H,11,12). The first kappa shape index (κ1) is 11.9.